The number of hydrogen-bond acceptors (Lipinski definition) is 8. The van der Waals surface area contributed by atoms with E-state index in [1.807, 2.05) is 0 Å². The van der Waals surface area contributed by atoms with Gasteiger partial charge in [0, 0.05) is 11.6 Å². The first kappa shape index (κ1) is 22.0. The van der Waals surface area contributed by atoms with Gasteiger partial charge >= 0.3 is 0 Å². The van der Waals surface area contributed by atoms with Crippen molar-refractivity contribution < 1.29 is 39.4 Å². The molecule has 3 aromatic carbocycles. The maximum Gasteiger partial charge on any atom is 0.189 e. The molecule has 0 aromatic heterocycles. The van der Waals surface area contributed by atoms with Gasteiger partial charge in [0.1, 0.15) is 11.5 Å². The van der Waals surface area contributed by atoms with E-state index in [0.717, 1.165) is 6.07 Å². The van der Waals surface area contributed by atoms with Crippen molar-refractivity contribution in [3.05, 3.63) is 77.4 Å². The molecule has 0 bridgehead atoms. The number of carbonyl (C=O) groups is 1. The number of carbonyl (C=O) groups excluding carboxylic acids is 1. The highest BCUT2D eigenvalue weighted by Crippen LogP contribution is 2.41. The van der Waals surface area contributed by atoms with E-state index >= 15 is 0 Å². The number of phenols is 3. The maximum absolute atomic E-state index is 12.4. The van der Waals surface area contributed by atoms with Crippen LogP contribution in [0.5, 0.6) is 34.5 Å². The summed E-state index contributed by atoms with van der Waals surface area (Å²) in [6, 6.07) is 13.6. The third kappa shape index (κ3) is 4.56. The van der Waals surface area contributed by atoms with Crippen LogP contribution in [-0.2, 0) is 0 Å². The lowest BCUT2D eigenvalue weighted by Gasteiger charge is -2.33. The van der Waals surface area contributed by atoms with E-state index in [4.69, 9.17) is 14.2 Å². The van der Waals surface area contributed by atoms with E-state index in [-0.39, 0.29) is 35.2 Å². The lowest BCUT2D eigenvalue weighted by molar-refractivity contribution is -0.0124. The van der Waals surface area contributed by atoms with Gasteiger partial charge in [0.05, 0.1) is 19.3 Å². The van der Waals surface area contributed by atoms with Gasteiger partial charge in [-0.15, -0.1) is 0 Å². The van der Waals surface area contributed by atoms with Gasteiger partial charge in [-0.3, -0.25) is 4.79 Å². The van der Waals surface area contributed by atoms with Crippen molar-refractivity contribution in [2.24, 2.45) is 0 Å². The highest BCUT2D eigenvalue weighted by atomic mass is 16.6. The smallest absolute Gasteiger partial charge is 0.189 e. The molecule has 4 rings (SSSR count). The SMILES string of the molecule is COc1cc(C2Oc3cc(/C=C/C(=O)c4ccc(O)cc4O)ccc3OC2CO)ccc1O. The largest absolute Gasteiger partial charge is 0.508 e. The van der Waals surface area contributed by atoms with E-state index in [1.165, 1.54) is 31.4 Å². The fraction of sp³-hybridized carbons (Fsp3) is 0.160. The van der Waals surface area contributed by atoms with Crippen molar-refractivity contribution in [1.29, 1.82) is 0 Å². The van der Waals surface area contributed by atoms with Crippen molar-refractivity contribution in [2.45, 2.75) is 12.2 Å². The summed E-state index contributed by atoms with van der Waals surface area (Å²) in [6.07, 6.45) is 1.53. The second-order valence-corrected chi connectivity index (χ2v) is 7.41. The Hall–Kier alpha value is -4.17. The number of rotatable bonds is 6. The van der Waals surface area contributed by atoms with E-state index in [9.17, 15) is 25.2 Å². The molecule has 33 heavy (non-hydrogen) atoms. The van der Waals surface area contributed by atoms with Gasteiger partial charge in [0.15, 0.2) is 41.0 Å². The van der Waals surface area contributed by atoms with Crippen LogP contribution in [0.25, 0.3) is 6.08 Å². The zero-order chi connectivity index (χ0) is 23.5. The predicted octanol–water partition coefficient (Wildman–Crippen LogP) is 3.58. The van der Waals surface area contributed by atoms with E-state index in [2.05, 4.69) is 0 Å². The molecule has 4 N–H and O–H groups in total. The van der Waals surface area contributed by atoms with Crippen LogP contribution in [0.3, 0.4) is 0 Å². The lowest BCUT2D eigenvalue weighted by atomic mass is 10.0. The monoisotopic (exact) mass is 450 g/mol. The standard InChI is InChI=1S/C25H22O8/c1-31-22-11-15(4-8-19(22)29)25-24(13-26)32-21-9-3-14(10-23(21)33-25)2-7-18(28)17-6-5-16(27)12-20(17)30/h2-12,24-27,29-30H,13H2,1H3/b7-2+. The average Bonchev–Trinajstić information content (AvgIpc) is 2.81. The molecule has 1 heterocycles. The van der Waals surface area contributed by atoms with Gasteiger partial charge in [-0.2, -0.15) is 0 Å². The van der Waals surface area contributed by atoms with Gasteiger partial charge in [-0.05, 0) is 48.0 Å². The molecule has 0 saturated heterocycles. The van der Waals surface area contributed by atoms with Crippen molar-refractivity contribution in [3.63, 3.8) is 0 Å². The average molecular weight is 450 g/mol. The van der Waals surface area contributed by atoms with Crippen LogP contribution in [0, 0.1) is 0 Å². The molecule has 0 aliphatic carbocycles. The van der Waals surface area contributed by atoms with E-state index in [0.29, 0.717) is 22.6 Å². The topological polar surface area (TPSA) is 126 Å². The Labute approximate surface area is 189 Å². The molecule has 0 spiro atoms. The van der Waals surface area contributed by atoms with Gasteiger partial charge < -0.3 is 34.6 Å². The summed E-state index contributed by atoms with van der Waals surface area (Å²) in [6.45, 7) is -0.292. The van der Waals surface area contributed by atoms with Crippen molar-refractivity contribution in [2.75, 3.05) is 13.7 Å². The quantitative estimate of drug-likeness (QED) is 0.332. The molecule has 1 aliphatic heterocycles. The van der Waals surface area contributed by atoms with E-state index in [1.54, 1.807) is 36.4 Å². The molecule has 2 atom stereocenters. The van der Waals surface area contributed by atoms with Gasteiger partial charge in [0.2, 0.25) is 0 Å². The second kappa shape index (κ2) is 9.13. The maximum atomic E-state index is 12.4. The first-order chi connectivity index (χ1) is 15.9. The molecule has 170 valence electrons. The first-order valence-electron chi connectivity index (χ1n) is 10.1. The number of ether oxygens (including phenoxy) is 3. The molecule has 3 aromatic rings. The highest BCUT2D eigenvalue weighted by Gasteiger charge is 2.33. The molecule has 0 amide bonds. The Kier molecular flexibility index (Phi) is 6.10. The number of aliphatic hydroxyl groups excluding tert-OH is 1. The summed E-state index contributed by atoms with van der Waals surface area (Å²) < 4.78 is 17.2. The summed E-state index contributed by atoms with van der Waals surface area (Å²) in [5, 5.41) is 38.9. The summed E-state index contributed by atoms with van der Waals surface area (Å²) >= 11 is 0. The number of ketones is 1. The van der Waals surface area contributed by atoms with Gasteiger partial charge in [-0.25, -0.2) is 0 Å². The van der Waals surface area contributed by atoms with Crippen LogP contribution in [0.1, 0.15) is 27.6 Å². The normalized spacial score (nSPS) is 17.2. The molecular weight excluding hydrogens is 428 g/mol. The van der Waals surface area contributed by atoms with Gasteiger partial charge in [0.25, 0.3) is 0 Å². The molecule has 8 heteroatoms. The number of methoxy groups -OCH3 is 1. The summed E-state index contributed by atoms with van der Waals surface area (Å²) in [7, 11) is 1.44. The minimum atomic E-state index is -0.674. The molecule has 0 fully saturated rings. The summed E-state index contributed by atoms with van der Waals surface area (Å²) in [4.78, 5) is 12.4. The third-order valence-corrected chi connectivity index (χ3v) is 5.22. The Balaban J connectivity index is 1.58. The molecule has 8 nitrogen and oxygen atoms in total. The Morgan fingerprint density at radius 1 is 0.970 bits per heavy atom. The van der Waals surface area contributed by atoms with Crippen LogP contribution < -0.4 is 14.2 Å². The highest BCUT2D eigenvalue weighted by molar-refractivity contribution is 6.08. The Morgan fingerprint density at radius 3 is 2.52 bits per heavy atom. The number of aromatic hydroxyl groups is 3. The van der Waals surface area contributed by atoms with Crippen molar-refractivity contribution in [3.8, 4) is 34.5 Å². The number of fused-ring (bicyclic) bond motifs is 1. The number of benzene rings is 3. The summed E-state index contributed by atoms with van der Waals surface area (Å²) in [5.74, 6) is 0.226. The molecule has 0 saturated carbocycles. The minimum absolute atomic E-state index is 0.0179. The lowest BCUT2D eigenvalue weighted by Crippen LogP contribution is -2.36. The fourth-order valence-corrected chi connectivity index (χ4v) is 3.53. The van der Waals surface area contributed by atoms with Crippen LogP contribution in [0.4, 0.5) is 0 Å². The minimum Gasteiger partial charge on any atom is -0.508 e. The molecule has 2 unspecified atom stereocenters. The number of aliphatic hydroxyl groups is 1. The summed E-state index contributed by atoms with van der Waals surface area (Å²) in [5.41, 5.74) is 1.36. The van der Waals surface area contributed by atoms with Crippen LogP contribution in [-0.4, -0.2) is 46.0 Å². The molecular formula is C25H22O8. The third-order valence-electron chi connectivity index (χ3n) is 5.22. The van der Waals surface area contributed by atoms with E-state index < -0.39 is 18.0 Å². The zero-order valence-corrected chi connectivity index (χ0v) is 17.6. The fourth-order valence-electron chi connectivity index (χ4n) is 3.53. The number of hydrogen-bond donors (Lipinski definition) is 4. The Morgan fingerprint density at radius 2 is 1.79 bits per heavy atom. The number of phenolic OH excluding ortho intramolecular Hbond substituents is 3. The molecule has 1 aliphatic rings. The predicted molar refractivity (Wildman–Crippen MR) is 119 cm³/mol. The first-order valence-corrected chi connectivity index (χ1v) is 10.1. The van der Waals surface area contributed by atoms with Gasteiger partial charge in [-0.1, -0.05) is 18.2 Å². The number of allylic oxidation sites excluding steroid dienone is 1. The van der Waals surface area contributed by atoms with Crippen molar-refractivity contribution in [1.82, 2.24) is 0 Å². The second-order valence-electron chi connectivity index (χ2n) is 7.41. The van der Waals surface area contributed by atoms with Crippen LogP contribution in [0.15, 0.2) is 60.7 Å². The zero-order valence-electron chi connectivity index (χ0n) is 17.6. The molecule has 0 radical (unpaired) electrons. The van der Waals surface area contributed by atoms with Crippen LogP contribution >= 0.6 is 0 Å². The Bertz CT molecular complexity index is 1220. The van der Waals surface area contributed by atoms with Crippen LogP contribution in [0.2, 0.25) is 0 Å². The van der Waals surface area contributed by atoms with Crippen molar-refractivity contribution >= 4 is 11.9 Å².